The van der Waals surface area contributed by atoms with E-state index >= 15 is 0 Å². The van der Waals surface area contributed by atoms with Crippen LogP contribution in [0.2, 0.25) is 0 Å². The van der Waals surface area contributed by atoms with Gasteiger partial charge in [0.25, 0.3) is 0 Å². The van der Waals surface area contributed by atoms with Crippen LogP contribution in [0, 0.1) is 0 Å². The first-order chi connectivity index (χ1) is 10.6. The number of hydrogen-bond acceptors (Lipinski definition) is 5. The first kappa shape index (κ1) is 17.3. The summed E-state index contributed by atoms with van der Waals surface area (Å²) >= 11 is 0. The highest BCUT2D eigenvalue weighted by molar-refractivity contribution is 5.73. The fraction of sp³-hybridized carbons (Fsp3) is 0.625. The number of rotatable bonds is 5. The van der Waals surface area contributed by atoms with Gasteiger partial charge in [-0.25, -0.2) is 4.79 Å². The number of hydrogen-bond donors (Lipinski definition) is 2. The number of nitrogens with zero attached hydrogens (tertiary/aromatic N) is 1. The molecule has 2 N–H and O–H groups in total. The third-order valence-electron chi connectivity index (χ3n) is 3.62. The van der Waals surface area contributed by atoms with Crippen molar-refractivity contribution >= 4 is 12.1 Å². The van der Waals surface area contributed by atoms with Gasteiger partial charge in [-0.3, -0.25) is 10.1 Å². The van der Waals surface area contributed by atoms with Gasteiger partial charge in [0, 0.05) is 13.1 Å². The number of carboxylic acid groups (broad SMARTS) is 1. The first-order valence-corrected chi connectivity index (χ1v) is 7.61. The number of amides is 1. The molecule has 0 radical (unpaired) electrons. The van der Waals surface area contributed by atoms with E-state index in [0.717, 1.165) is 5.76 Å². The van der Waals surface area contributed by atoms with E-state index in [0.29, 0.717) is 13.1 Å². The number of likely N-dealkylation sites (tertiary alicyclic amines) is 1. The van der Waals surface area contributed by atoms with Gasteiger partial charge < -0.3 is 19.2 Å². The molecule has 128 valence electrons. The molecular weight excluding hydrogens is 300 g/mol. The molecule has 1 saturated heterocycles. The summed E-state index contributed by atoms with van der Waals surface area (Å²) in [7, 11) is 0. The molecule has 23 heavy (non-hydrogen) atoms. The zero-order valence-corrected chi connectivity index (χ0v) is 14.0. The molecule has 0 unspecified atom stereocenters. The van der Waals surface area contributed by atoms with Gasteiger partial charge in [0.1, 0.15) is 11.4 Å². The molecule has 0 saturated carbocycles. The van der Waals surface area contributed by atoms with Gasteiger partial charge in [-0.15, -0.1) is 0 Å². The smallest absolute Gasteiger partial charge is 0.410 e. The molecule has 2 heterocycles. The van der Waals surface area contributed by atoms with Crippen molar-refractivity contribution in [1.82, 2.24) is 10.2 Å². The maximum atomic E-state index is 12.0. The number of aliphatic carboxylic acids is 1. The summed E-state index contributed by atoms with van der Waals surface area (Å²) < 4.78 is 10.7. The van der Waals surface area contributed by atoms with Crippen LogP contribution in [0.1, 0.15) is 45.9 Å². The lowest BCUT2D eigenvalue weighted by atomic mass is 9.85. The van der Waals surface area contributed by atoms with Gasteiger partial charge in [-0.1, -0.05) is 0 Å². The Morgan fingerprint density at radius 3 is 2.61 bits per heavy atom. The topological polar surface area (TPSA) is 92.0 Å². The zero-order valence-electron chi connectivity index (χ0n) is 14.0. The van der Waals surface area contributed by atoms with E-state index in [2.05, 4.69) is 5.32 Å². The summed E-state index contributed by atoms with van der Waals surface area (Å²) in [5.74, 6) is -0.182. The molecule has 0 bridgehead atoms. The van der Waals surface area contributed by atoms with Crippen LogP contribution in [0.15, 0.2) is 22.8 Å². The van der Waals surface area contributed by atoms with E-state index in [4.69, 9.17) is 9.15 Å². The molecule has 1 atom stereocenters. The Balaban J connectivity index is 2.00. The van der Waals surface area contributed by atoms with E-state index in [1.807, 2.05) is 13.0 Å². The van der Waals surface area contributed by atoms with E-state index in [9.17, 15) is 14.7 Å². The summed E-state index contributed by atoms with van der Waals surface area (Å²) in [6, 6.07) is 3.46. The SMILES string of the molecule is C[C@H](NC1(CC(=O)O)CN(C(=O)OC(C)(C)C)C1)c1ccco1. The third-order valence-corrected chi connectivity index (χ3v) is 3.62. The quantitative estimate of drug-likeness (QED) is 0.864. The van der Waals surface area contributed by atoms with Crippen molar-refractivity contribution in [2.45, 2.75) is 51.3 Å². The van der Waals surface area contributed by atoms with Crippen molar-refractivity contribution in [2.75, 3.05) is 13.1 Å². The van der Waals surface area contributed by atoms with Crippen LogP contribution < -0.4 is 5.32 Å². The second-order valence-electron chi connectivity index (χ2n) is 7.07. The van der Waals surface area contributed by atoms with Gasteiger partial charge in [-0.05, 0) is 39.8 Å². The number of ether oxygens (including phenoxy) is 1. The zero-order chi connectivity index (χ0) is 17.3. The third kappa shape index (κ3) is 4.48. The van der Waals surface area contributed by atoms with Crippen LogP contribution in [0.4, 0.5) is 4.79 Å². The fourth-order valence-corrected chi connectivity index (χ4v) is 2.75. The predicted octanol–water partition coefficient (Wildman–Crippen LogP) is 2.39. The summed E-state index contributed by atoms with van der Waals surface area (Å²) in [6.07, 6.45) is 1.08. The average Bonchev–Trinajstić information content (AvgIpc) is 2.85. The van der Waals surface area contributed by atoms with Crippen molar-refractivity contribution in [3.8, 4) is 0 Å². The van der Waals surface area contributed by atoms with Crippen LogP contribution >= 0.6 is 0 Å². The molecule has 1 aliphatic heterocycles. The Morgan fingerprint density at radius 1 is 1.48 bits per heavy atom. The summed E-state index contributed by atoms with van der Waals surface area (Å²) in [5, 5.41) is 12.5. The standard InChI is InChI=1S/C16H24N2O5/c1-11(12-6-5-7-22-12)17-16(8-13(19)20)9-18(10-16)14(21)23-15(2,3)4/h5-7,11,17H,8-10H2,1-4H3,(H,19,20)/t11-/m0/s1. The van der Waals surface area contributed by atoms with Crippen molar-refractivity contribution in [3.05, 3.63) is 24.2 Å². The molecule has 0 spiro atoms. The van der Waals surface area contributed by atoms with Crippen molar-refractivity contribution in [1.29, 1.82) is 0 Å². The van der Waals surface area contributed by atoms with Gasteiger partial charge in [0.15, 0.2) is 0 Å². The van der Waals surface area contributed by atoms with E-state index < -0.39 is 23.2 Å². The first-order valence-electron chi connectivity index (χ1n) is 7.61. The Hall–Kier alpha value is -2.02. The van der Waals surface area contributed by atoms with Gasteiger partial charge in [-0.2, -0.15) is 0 Å². The lowest BCUT2D eigenvalue weighted by molar-refractivity contribution is -0.141. The van der Waals surface area contributed by atoms with Crippen molar-refractivity contribution in [3.63, 3.8) is 0 Å². The molecular formula is C16H24N2O5. The Kier molecular flexibility index (Phi) is 4.70. The number of carbonyl (C=O) groups is 2. The summed E-state index contributed by atoms with van der Waals surface area (Å²) in [6.45, 7) is 7.88. The number of nitrogens with one attached hydrogen (secondary N) is 1. The average molecular weight is 324 g/mol. The van der Waals surface area contributed by atoms with E-state index in [1.54, 1.807) is 33.1 Å². The van der Waals surface area contributed by atoms with Gasteiger partial charge in [0.05, 0.1) is 24.3 Å². The molecule has 7 nitrogen and oxygen atoms in total. The molecule has 1 amide bonds. The van der Waals surface area contributed by atoms with Crippen LogP contribution in [0.25, 0.3) is 0 Å². The second kappa shape index (κ2) is 6.23. The monoisotopic (exact) mass is 324 g/mol. The highest BCUT2D eigenvalue weighted by Gasteiger charge is 2.48. The molecule has 2 rings (SSSR count). The van der Waals surface area contributed by atoms with Crippen LogP contribution in [0.5, 0.6) is 0 Å². The minimum Gasteiger partial charge on any atom is -0.481 e. The molecule has 1 fully saturated rings. The van der Waals surface area contributed by atoms with Crippen LogP contribution in [0.3, 0.4) is 0 Å². The largest absolute Gasteiger partial charge is 0.481 e. The van der Waals surface area contributed by atoms with Crippen molar-refractivity contribution < 1.29 is 23.8 Å². The lowest BCUT2D eigenvalue weighted by Crippen LogP contribution is -2.71. The predicted molar refractivity (Wildman–Crippen MR) is 83.0 cm³/mol. The summed E-state index contributed by atoms with van der Waals surface area (Å²) in [4.78, 5) is 24.7. The minimum absolute atomic E-state index is 0.0721. The van der Waals surface area contributed by atoms with Gasteiger partial charge in [0.2, 0.25) is 0 Å². The number of carbonyl (C=O) groups excluding carboxylic acids is 1. The highest BCUT2D eigenvalue weighted by Crippen LogP contribution is 2.30. The second-order valence-corrected chi connectivity index (χ2v) is 7.07. The Morgan fingerprint density at radius 2 is 2.13 bits per heavy atom. The summed E-state index contributed by atoms with van der Waals surface area (Å²) in [5.41, 5.74) is -1.24. The molecule has 1 aromatic rings. The van der Waals surface area contributed by atoms with Gasteiger partial charge >= 0.3 is 12.1 Å². The lowest BCUT2D eigenvalue weighted by Gasteiger charge is -2.50. The maximum Gasteiger partial charge on any atom is 0.410 e. The molecule has 0 aliphatic carbocycles. The van der Waals surface area contributed by atoms with Crippen LogP contribution in [-0.2, 0) is 9.53 Å². The number of furan rings is 1. The van der Waals surface area contributed by atoms with Crippen molar-refractivity contribution in [2.24, 2.45) is 0 Å². The molecule has 1 aliphatic rings. The van der Waals surface area contributed by atoms with Crippen LogP contribution in [-0.4, -0.2) is 46.3 Å². The molecule has 0 aromatic carbocycles. The maximum absolute atomic E-state index is 12.0. The Labute approximate surface area is 135 Å². The fourth-order valence-electron chi connectivity index (χ4n) is 2.75. The molecule has 1 aromatic heterocycles. The normalized spacial score (nSPS) is 18.2. The number of carboxylic acids is 1. The molecule has 7 heteroatoms. The highest BCUT2D eigenvalue weighted by atomic mass is 16.6. The van der Waals surface area contributed by atoms with E-state index in [1.165, 1.54) is 4.90 Å². The van der Waals surface area contributed by atoms with E-state index in [-0.39, 0.29) is 12.5 Å². The minimum atomic E-state index is -0.909. The Bertz CT molecular complexity index is 556.